The zero-order valence-electron chi connectivity index (χ0n) is 27.9. The van der Waals surface area contributed by atoms with Crippen LogP contribution in [-0.2, 0) is 17.7 Å². The number of amides is 1. The first kappa shape index (κ1) is 36.3. The van der Waals surface area contributed by atoms with Gasteiger partial charge in [-0.05, 0) is 60.6 Å². The van der Waals surface area contributed by atoms with E-state index in [1.54, 1.807) is 24.3 Å². The van der Waals surface area contributed by atoms with Gasteiger partial charge in [-0.2, -0.15) is 0 Å². The summed E-state index contributed by atoms with van der Waals surface area (Å²) in [5.41, 5.74) is 10.7. The highest BCUT2D eigenvalue weighted by Gasteiger charge is 2.37. The van der Waals surface area contributed by atoms with Crippen molar-refractivity contribution in [3.63, 3.8) is 0 Å². The molecule has 0 radical (unpaired) electrons. The molecule has 2 aliphatic heterocycles. The van der Waals surface area contributed by atoms with Crippen LogP contribution in [0.25, 0.3) is 0 Å². The number of anilines is 1. The molecule has 3 aromatic carbocycles. The lowest BCUT2D eigenvalue weighted by atomic mass is 9.89. The van der Waals surface area contributed by atoms with Crippen LogP contribution in [-0.4, -0.2) is 48.4 Å². The van der Waals surface area contributed by atoms with Gasteiger partial charge < -0.3 is 15.8 Å². The standard InChI is InChI=1S/C24H24ClN3O.C11H21NO.C3H8/c1-2-5-16-8-10-17(11-9-16)23(27)20-14-18(12-13-22(20)26)24(29)28-15-19-6-3-4-7-21(19)25;1-3-9(2)6-10-4-5-12(10)11-7-13-8-11;1-3-2/h3-4,6-14,27H,2,5,15,26H2,1H3,(H,28,29);9-11H,3-8H2,1-2H3;3H2,1-2H3. The van der Waals surface area contributed by atoms with E-state index in [0.717, 1.165) is 55.2 Å². The van der Waals surface area contributed by atoms with Crippen LogP contribution in [0.3, 0.4) is 0 Å². The zero-order valence-corrected chi connectivity index (χ0v) is 28.6. The van der Waals surface area contributed by atoms with Gasteiger partial charge in [0.2, 0.25) is 0 Å². The van der Waals surface area contributed by atoms with E-state index in [1.807, 2.05) is 42.5 Å². The number of hydrogen-bond acceptors (Lipinski definition) is 5. The Bertz CT molecular complexity index is 1360. The Morgan fingerprint density at radius 3 is 2.27 bits per heavy atom. The predicted octanol–water partition coefficient (Wildman–Crippen LogP) is 8.53. The van der Waals surface area contributed by atoms with Crippen LogP contribution in [0.2, 0.25) is 5.02 Å². The Hall–Kier alpha value is -3.19. The summed E-state index contributed by atoms with van der Waals surface area (Å²) in [6, 6.07) is 21.9. The number of halogens is 1. The smallest absolute Gasteiger partial charge is 0.251 e. The Balaban J connectivity index is 0.000000285. The molecule has 6 nitrogen and oxygen atoms in total. The van der Waals surface area contributed by atoms with E-state index in [0.29, 0.717) is 34.1 Å². The first-order valence-electron chi connectivity index (χ1n) is 16.6. The van der Waals surface area contributed by atoms with Crippen molar-refractivity contribution in [2.45, 2.75) is 91.8 Å². The predicted molar refractivity (Wildman–Crippen MR) is 190 cm³/mol. The topological polar surface area (TPSA) is 91.4 Å². The second-order valence-electron chi connectivity index (χ2n) is 12.2. The summed E-state index contributed by atoms with van der Waals surface area (Å²) in [5, 5.41) is 12.0. The van der Waals surface area contributed by atoms with Crippen LogP contribution in [0.5, 0.6) is 0 Å². The van der Waals surface area contributed by atoms with E-state index in [1.165, 1.54) is 37.8 Å². The number of nitrogen functional groups attached to an aromatic ring is 1. The van der Waals surface area contributed by atoms with Crippen molar-refractivity contribution < 1.29 is 9.53 Å². The van der Waals surface area contributed by atoms with E-state index < -0.39 is 0 Å². The lowest BCUT2D eigenvalue weighted by Gasteiger charge is -2.49. The number of aryl methyl sites for hydroxylation is 1. The first-order chi connectivity index (χ1) is 21.7. The van der Waals surface area contributed by atoms with E-state index in [4.69, 9.17) is 27.5 Å². The molecule has 4 N–H and O–H groups in total. The SMILES string of the molecule is CCC.CCC(C)CC1CCN1C1COC1.CCCc1ccc(C(=N)c2cc(C(=O)NCc3ccccc3Cl)ccc2N)cc1. The number of benzene rings is 3. The molecule has 0 spiro atoms. The molecule has 2 atom stereocenters. The highest BCUT2D eigenvalue weighted by molar-refractivity contribution is 6.31. The van der Waals surface area contributed by atoms with Gasteiger partial charge in [-0.3, -0.25) is 15.1 Å². The molecule has 45 heavy (non-hydrogen) atoms. The molecule has 2 saturated heterocycles. The molecule has 2 fully saturated rings. The average Bonchev–Trinajstić information content (AvgIpc) is 3.01. The van der Waals surface area contributed by atoms with Crippen molar-refractivity contribution in [2.75, 3.05) is 25.5 Å². The second kappa shape index (κ2) is 18.7. The van der Waals surface area contributed by atoms with Crippen LogP contribution in [0.15, 0.2) is 66.7 Å². The molecule has 244 valence electrons. The van der Waals surface area contributed by atoms with E-state index in [2.05, 4.69) is 44.8 Å². The monoisotopic (exact) mass is 632 g/mol. The number of likely N-dealkylation sites (tertiary alicyclic amines) is 1. The molecule has 2 heterocycles. The molecule has 3 aromatic rings. The van der Waals surface area contributed by atoms with Gasteiger partial charge in [0.1, 0.15) is 0 Å². The molecule has 0 saturated carbocycles. The van der Waals surface area contributed by atoms with Crippen molar-refractivity contribution in [1.82, 2.24) is 10.2 Å². The minimum Gasteiger partial charge on any atom is -0.398 e. The molecule has 0 bridgehead atoms. The molecule has 1 amide bonds. The summed E-state index contributed by atoms with van der Waals surface area (Å²) in [4.78, 5) is 15.3. The number of nitrogens with two attached hydrogens (primary N) is 1. The van der Waals surface area contributed by atoms with E-state index in [-0.39, 0.29) is 5.91 Å². The lowest BCUT2D eigenvalue weighted by Crippen LogP contribution is -2.60. The molecule has 0 aliphatic carbocycles. The van der Waals surface area contributed by atoms with Crippen LogP contribution < -0.4 is 11.1 Å². The maximum atomic E-state index is 12.6. The Morgan fingerprint density at radius 2 is 1.71 bits per heavy atom. The lowest BCUT2D eigenvalue weighted by molar-refractivity contribution is -0.112. The quantitative estimate of drug-likeness (QED) is 0.146. The maximum Gasteiger partial charge on any atom is 0.251 e. The summed E-state index contributed by atoms with van der Waals surface area (Å²) in [6.07, 6.45) is 7.48. The summed E-state index contributed by atoms with van der Waals surface area (Å²) in [7, 11) is 0. The fourth-order valence-corrected chi connectivity index (χ4v) is 5.56. The minimum absolute atomic E-state index is 0.239. The molecule has 2 aliphatic rings. The molecule has 7 heteroatoms. The third kappa shape index (κ3) is 10.7. The summed E-state index contributed by atoms with van der Waals surface area (Å²) in [5.74, 6) is 0.658. The van der Waals surface area contributed by atoms with Crippen molar-refractivity contribution >= 4 is 28.9 Å². The number of nitrogens with zero attached hydrogens (tertiary/aromatic N) is 1. The maximum absolute atomic E-state index is 12.6. The second-order valence-corrected chi connectivity index (χ2v) is 12.6. The largest absolute Gasteiger partial charge is 0.398 e. The van der Waals surface area contributed by atoms with Crippen LogP contribution >= 0.6 is 11.6 Å². The van der Waals surface area contributed by atoms with Gasteiger partial charge >= 0.3 is 0 Å². The van der Waals surface area contributed by atoms with Gasteiger partial charge in [-0.25, -0.2) is 0 Å². The van der Waals surface area contributed by atoms with Crippen LogP contribution in [0.4, 0.5) is 5.69 Å². The van der Waals surface area contributed by atoms with Crippen molar-refractivity contribution in [3.05, 3.63) is 99.6 Å². The van der Waals surface area contributed by atoms with Crippen molar-refractivity contribution in [2.24, 2.45) is 5.92 Å². The first-order valence-corrected chi connectivity index (χ1v) is 17.0. The number of hydrogen-bond donors (Lipinski definition) is 3. The van der Waals surface area contributed by atoms with Crippen molar-refractivity contribution in [1.29, 1.82) is 5.41 Å². The van der Waals surface area contributed by atoms with Gasteiger partial charge in [0, 0.05) is 46.5 Å². The van der Waals surface area contributed by atoms with Crippen molar-refractivity contribution in [3.8, 4) is 0 Å². The van der Waals surface area contributed by atoms with Gasteiger partial charge in [0.25, 0.3) is 5.91 Å². The highest BCUT2D eigenvalue weighted by atomic mass is 35.5. The molecule has 2 unspecified atom stereocenters. The Kier molecular flexibility index (Phi) is 15.1. The van der Waals surface area contributed by atoms with Gasteiger partial charge in [0.15, 0.2) is 0 Å². The molecular formula is C38H53ClN4O2. The third-order valence-corrected chi connectivity index (χ3v) is 8.78. The Morgan fingerprint density at radius 1 is 1.04 bits per heavy atom. The summed E-state index contributed by atoms with van der Waals surface area (Å²) >= 11 is 6.14. The fraction of sp³-hybridized carbons (Fsp3) is 0.474. The van der Waals surface area contributed by atoms with E-state index in [9.17, 15) is 4.79 Å². The van der Waals surface area contributed by atoms with Crippen LogP contribution in [0.1, 0.15) is 99.3 Å². The van der Waals surface area contributed by atoms with Crippen LogP contribution in [0, 0.1) is 11.3 Å². The molecule has 5 rings (SSSR count). The average molecular weight is 633 g/mol. The number of nitrogens with one attached hydrogen (secondary N) is 2. The van der Waals surface area contributed by atoms with E-state index >= 15 is 0 Å². The van der Waals surface area contributed by atoms with Gasteiger partial charge in [-0.1, -0.05) is 108 Å². The molecular weight excluding hydrogens is 580 g/mol. The normalized spacial score (nSPS) is 16.5. The highest BCUT2D eigenvalue weighted by Crippen LogP contribution is 2.29. The number of carbonyl (C=O) groups is 1. The summed E-state index contributed by atoms with van der Waals surface area (Å²) < 4.78 is 5.23. The fourth-order valence-electron chi connectivity index (χ4n) is 5.36. The summed E-state index contributed by atoms with van der Waals surface area (Å²) in [6.45, 7) is 14.7. The number of carbonyl (C=O) groups excluding carboxylic acids is 1. The minimum atomic E-state index is -0.239. The zero-order chi connectivity index (χ0) is 32.8. The Labute approximate surface area is 276 Å². The third-order valence-electron chi connectivity index (χ3n) is 8.41. The number of ether oxygens (including phenoxy) is 1. The molecule has 0 aromatic heterocycles. The van der Waals surface area contributed by atoms with Gasteiger partial charge in [0.05, 0.1) is 25.0 Å². The van der Waals surface area contributed by atoms with Gasteiger partial charge in [-0.15, -0.1) is 0 Å². The number of rotatable bonds is 11.